The lowest BCUT2D eigenvalue weighted by atomic mass is 10.1. The van der Waals surface area contributed by atoms with Gasteiger partial charge in [-0.3, -0.25) is 19.3 Å². The monoisotopic (exact) mass is 516 g/mol. The van der Waals surface area contributed by atoms with Gasteiger partial charge >= 0.3 is 0 Å². The first-order valence-corrected chi connectivity index (χ1v) is 12.8. The van der Waals surface area contributed by atoms with Crippen molar-refractivity contribution in [3.05, 3.63) is 94.4 Å². The highest BCUT2D eigenvalue weighted by Crippen LogP contribution is 2.35. The smallest absolute Gasteiger partial charge is 0.293 e. The van der Waals surface area contributed by atoms with E-state index in [4.69, 9.17) is 9.47 Å². The van der Waals surface area contributed by atoms with Crippen LogP contribution in [0.1, 0.15) is 23.6 Å². The number of benzene rings is 3. The van der Waals surface area contributed by atoms with Gasteiger partial charge in [-0.05, 0) is 79.1 Å². The zero-order chi connectivity index (χ0) is 26.2. The van der Waals surface area contributed by atoms with Crippen LogP contribution in [0, 0.1) is 6.92 Å². The first-order chi connectivity index (χ1) is 17.9. The van der Waals surface area contributed by atoms with E-state index in [0.29, 0.717) is 47.2 Å². The van der Waals surface area contributed by atoms with Gasteiger partial charge in [0, 0.05) is 12.2 Å². The summed E-state index contributed by atoms with van der Waals surface area (Å²) in [5.74, 6) is 0.260. The lowest BCUT2D eigenvalue weighted by Crippen LogP contribution is -2.30. The van der Waals surface area contributed by atoms with Crippen molar-refractivity contribution in [1.82, 2.24) is 4.90 Å². The molecule has 3 aromatic carbocycles. The molecule has 190 valence electrons. The Balaban J connectivity index is 1.41. The molecular formula is C29H28N2O5S. The van der Waals surface area contributed by atoms with Crippen LogP contribution >= 0.6 is 11.8 Å². The van der Waals surface area contributed by atoms with E-state index in [1.165, 1.54) is 4.90 Å². The molecule has 0 radical (unpaired) electrons. The molecule has 1 aliphatic heterocycles. The molecule has 0 aliphatic carbocycles. The molecule has 0 unspecified atom stereocenters. The summed E-state index contributed by atoms with van der Waals surface area (Å²) >= 11 is 0.925. The maximum absolute atomic E-state index is 12.9. The van der Waals surface area contributed by atoms with Gasteiger partial charge in [-0.25, -0.2) is 0 Å². The minimum atomic E-state index is -0.308. The Bertz CT molecular complexity index is 1320. The van der Waals surface area contributed by atoms with Crippen LogP contribution in [0.4, 0.5) is 10.5 Å². The van der Waals surface area contributed by atoms with E-state index in [1.54, 1.807) is 24.3 Å². The number of thioether (sulfide) groups is 1. The first kappa shape index (κ1) is 26.0. The summed E-state index contributed by atoms with van der Waals surface area (Å²) < 4.78 is 11.4. The molecule has 0 saturated carbocycles. The summed E-state index contributed by atoms with van der Waals surface area (Å²) in [5, 5.41) is 2.53. The number of ether oxygens (including phenoxy) is 2. The molecule has 0 bridgehead atoms. The maximum atomic E-state index is 12.9. The van der Waals surface area contributed by atoms with Crippen LogP contribution in [0.15, 0.2) is 77.7 Å². The fraction of sp³-hybridized carbons (Fsp3) is 0.207. The van der Waals surface area contributed by atoms with Crippen LogP contribution in [0.2, 0.25) is 0 Å². The standard InChI is InChI=1S/C29H28N2O5S/c1-3-35-25-17-22(12-13-24(25)36-19-27(32)30-23-11-7-8-20(2)16-23)18-26-28(33)31(29(34)37-26)15-14-21-9-5-4-6-10-21/h4-13,16-18H,3,14-15,19H2,1-2H3,(H,30,32)/b26-18+. The Morgan fingerprint density at radius 1 is 0.973 bits per heavy atom. The van der Waals surface area contributed by atoms with E-state index < -0.39 is 0 Å². The van der Waals surface area contributed by atoms with Gasteiger partial charge < -0.3 is 14.8 Å². The summed E-state index contributed by atoms with van der Waals surface area (Å²) in [7, 11) is 0. The minimum absolute atomic E-state index is 0.187. The van der Waals surface area contributed by atoms with Crippen molar-refractivity contribution < 1.29 is 23.9 Å². The van der Waals surface area contributed by atoms with E-state index in [-0.39, 0.29) is 23.7 Å². The molecule has 1 heterocycles. The van der Waals surface area contributed by atoms with Gasteiger partial charge in [0.15, 0.2) is 18.1 Å². The molecule has 7 nitrogen and oxygen atoms in total. The number of carbonyl (C=O) groups is 3. The maximum Gasteiger partial charge on any atom is 0.293 e. The highest BCUT2D eigenvalue weighted by atomic mass is 32.2. The molecule has 0 spiro atoms. The molecule has 8 heteroatoms. The van der Waals surface area contributed by atoms with Crippen molar-refractivity contribution in [1.29, 1.82) is 0 Å². The number of rotatable bonds is 10. The second kappa shape index (κ2) is 12.3. The molecule has 37 heavy (non-hydrogen) atoms. The number of aryl methyl sites for hydroxylation is 1. The number of amides is 3. The van der Waals surface area contributed by atoms with Gasteiger partial charge in [0.2, 0.25) is 0 Å². The summed E-state index contributed by atoms with van der Waals surface area (Å²) in [6.07, 6.45) is 2.27. The van der Waals surface area contributed by atoms with Crippen molar-refractivity contribution in [2.75, 3.05) is 25.1 Å². The fourth-order valence-electron chi connectivity index (χ4n) is 3.79. The molecule has 1 saturated heterocycles. The summed E-state index contributed by atoms with van der Waals surface area (Å²) in [5.41, 5.74) is 3.50. The Hall–Kier alpha value is -4.04. The molecule has 0 aromatic heterocycles. The van der Waals surface area contributed by atoms with Crippen LogP contribution < -0.4 is 14.8 Å². The number of carbonyl (C=O) groups excluding carboxylic acids is 3. The van der Waals surface area contributed by atoms with Gasteiger partial charge in [-0.15, -0.1) is 0 Å². The van der Waals surface area contributed by atoms with Crippen molar-refractivity contribution in [2.45, 2.75) is 20.3 Å². The number of nitrogens with zero attached hydrogens (tertiary/aromatic N) is 1. The number of hydrogen-bond acceptors (Lipinski definition) is 6. The summed E-state index contributed by atoms with van der Waals surface area (Å²) in [4.78, 5) is 39.3. The van der Waals surface area contributed by atoms with Crippen LogP contribution in [-0.2, 0) is 16.0 Å². The van der Waals surface area contributed by atoms with Gasteiger partial charge in [-0.2, -0.15) is 0 Å². The normalized spacial score (nSPS) is 14.2. The van der Waals surface area contributed by atoms with Crippen molar-refractivity contribution in [3.63, 3.8) is 0 Å². The Kier molecular flexibility index (Phi) is 8.64. The SMILES string of the molecule is CCOc1cc(/C=C2/SC(=O)N(CCc3ccccc3)C2=O)ccc1OCC(=O)Nc1cccc(C)c1. The largest absolute Gasteiger partial charge is 0.490 e. The average molecular weight is 517 g/mol. The van der Waals surface area contributed by atoms with Crippen LogP contribution in [0.25, 0.3) is 6.08 Å². The van der Waals surface area contributed by atoms with Crippen molar-refractivity contribution in [2.24, 2.45) is 0 Å². The number of nitrogens with one attached hydrogen (secondary N) is 1. The molecule has 3 amide bonds. The van der Waals surface area contributed by atoms with Crippen molar-refractivity contribution in [3.8, 4) is 11.5 Å². The van der Waals surface area contributed by atoms with Crippen LogP contribution in [0.3, 0.4) is 0 Å². The zero-order valence-corrected chi connectivity index (χ0v) is 21.5. The Morgan fingerprint density at radius 3 is 2.54 bits per heavy atom. The lowest BCUT2D eigenvalue weighted by molar-refractivity contribution is -0.122. The van der Waals surface area contributed by atoms with Crippen molar-refractivity contribution >= 4 is 40.6 Å². The van der Waals surface area contributed by atoms with E-state index in [1.807, 2.05) is 68.4 Å². The topological polar surface area (TPSA) is 84.9 Å². The molecule has 1 aliphatic rings. The zero-order valence-electron chi connectivity index (χ0n) is 20.7. The predicted molar refractivity (Wildman–Crippen MR) is 146 cm³/mol. The average Bonchev–Trinajstić information content (AvgIpc) is 3.15. The third-order valence-corrected chi connectivity index (χ3v) is 6.47. The highest BCUT2D eigenvalue weighted by Gasteiger charge is 2.34. The van der Waals surface area contributed by atoms with E-state index in [0.717, 1.165) is 22.9 Å². The molecule has 1 N–H and O–H groups in total. The van der Waals surface area contributed by atoms with Gasteiger partial charge in [-0.1, -0.05) is 48.5 Å². The Morgan fingerprint density at radius 2 is 1.78 bits per heavy atom. The molecule has 1 fully saturated rings. The second-order valence-corrected chi connectivity index (χ2v) is 9.41. The van der Waals surface area contributed by atoms with Crippen LogP contribution in [-0.4, -0.2) is 41.7 Å². The fourth-order valence-corrected chi connectivity index (χ4v) is 4.66. The van der Waals surface area contributed by atoms with E-state index in [9.17, 15) is 14.4 Å². The van der Waals surface area contributed by atoms with Gasteiger partial charge in [0.05, 0.1) is 11.5 Å². The summed E-state index contributed by atoms with van der Waals surface area (Å²) in [6.45, 7) is 4.33. The summed E-state index contributed by atoms with van der Waals surface area (Å²) in [6, 6.07) is 22.4. The number of hydrogen-bond donors (Lipinski definition) is 1. The van der Waals surface area contributed by atoms with Gasteiger partial charge in [0.25, 0.3) is 17.1 Å². The van der Waals surface area contributed by atoms with E-state index in [2.05, 4.69) is 5.32 Å². The molecule has 0 atom stereocenters. The Labute approximate surface area is 220 Å². The number of anilines is 1. The van der Waals surface area contributed by atoms with Crippen LogP contribution in [0.5, 0.6) is 11.5 Å². The first-order valence-electron chi connectivity index (χ1n) is 12.0. The second-order valence-electron chi connectivity index (χ2n) is 8.41. The minimum Gasteiger partial charge on any atom is -0.490 e. The van der Waals surface area contributed by atoms with E-state index >= 15 is 0 Å². The number of imide groups is 1. The third-order valence-electron chi connectivity index (χ3n) is 5.57. The molecule has 3 aromatic rings. The quantitative estimate of drug-likeness (QED) is 0.349. The molecule has 4 rings (SSSR count). The third kappa shape index (κ3) is 7.01. The highest BCUT2D eigenvalue weighted by molar-refractivity contribution is 8.18. The van der Waals surface area contributed by atoms with Gasteiger partial charge in [0.1, 0.15) is 0 Å². The molecular weight excluding hydrogens is 488 g/mol. The predicted octanol–water partition coefficient (Wildman–Crippen LogP) is 5.69. The lowest BCUT2D eigenvalue weighted by Gasteiger charge is -2.13.